The minimum atomic E-state index is -0.267. The highest BCUT2D eigenvalue weighted by Gasteiger charge is 2.17. The molecular formula is C18H23FN2O. The molecule has 1 unspecified atom stereocenters. The van der Waals surface area contributed by atoms with Crippen LogP contribution in [0.4, 0.5) is 10.1 Å². The maximum absolute atomic E-state index is 13.6. The lowest BCUT2D eigenvalue weighted by Crippen LogP contribution is -2.16. The van der Waals surface area contributed by atoms with Gasteiger partial charge in [0.15, 0.2) is 0 Å². The fraction of sp³-hybridized carbons (Fsp3) is 0.333. The van der Waals surface area contributed by atoms with Gasteiger partial charge in [-0.25, -0.2) is 4.39 Å². The second-order valence-corrected chi connectivity index (χ2v) is 5.59. The lowest BCUT2D eigenvalue weighted by molar-refractivity contribution is 0.403. The van der Waals surface area contributed by atoms with Crippen LogP contribution in [0.3, 0.4) is 0 Å². The number of halogens is 1. The van der Waals surface area contributed by atoms with E-state index in [-0.39, 0.29) is 11.7 Å². The van der Waals surface area contributed by atoms with Crippen molar-refractivity contribution in [1.82, 2.24) is 0 Å². The number of rotatable bonds is 6. The van der Waals surface area contributed by atoms with E-state index in [2.05, 4.69) is 23.1 Å². The molecule has 0 amide bonds. The minimum absolute atomic E-state index is 0.0167. The zero-order chi connectivity index (χ0) is 16.1. The third-order valence-electron chi connectivity index (χ3n) is 3.83. The van der Waals surface area contributed by atoms with E-state index >= 15 is 0 Å². The predicted octanol–water partition coefficient (Wildman–Crippen LogP) is 3.19. The molecule has 22 heavy (non-hydrogen) atoms. The Morgan fingerprint density at radius 3 is 2.59 bits per heavy atom. The van der Waals surface area contributed by atoms with Crippen molar-refractivity contribution in [2.45, 2.75) is 12.3 Å². The van der Waals surface area contributed by atoms with E-state index < -0.39 is 0 Å². The number of ether oxygens (including phenoxy) is 1. The standard InChI is InChI=1S/C18H23FN2O/c1-21(2)16-6-4-5-13(10-16)9-14(12-20)17-11-15(19)7-8-18(17)22-3/h4-8,10-11,14H,9,12,20H2,1-3H3. The predicted molar refractivity (Wildman–Crippen MR) is 89.2 cm³/mol. The molecule has 2 aromatic carbocycles. The van der Waals surface area contributed by atoms with Gasteiger partial charge >= 0.3 is 0 Å². The summed E-state index contributed by atoms with van der Waals surface area (Å²) in [5.41, 5.74) is 9.07. The van der Waals surface area contributed by atoms with Crippen LogP contribution in [0.5, 0.6) is 5.75 Å². The molecule has 118 valence electrons. The molecule has 0 bridgehead atoms. The van der Waals surface area contributed by atoms with Crippen molar-refractivity contribution in [1.29, 1.82) is 0 Å². The van der Waals surface area contributed by atoms with Gasteiger partial charge in [-0.2, -0.15) is 0 Å². The molecule has 0 aromatic heterocycles. The summed E-state index contributed by atoms with van der Waals surface area (Å²) < 4.78 is 18.9. The number of nitrogens with zero attached hydrogens (tertiary/aromatic N) is 1. The Morgan fingerprint density at radius 1 is 1.18 bits per heavy atom. The maximum atomic E-state index is 13.6. The SMILES string of the molecule is COc1ccc(F)cc1C(CN)Cc1cccc(N(C)C)c1. The van der Waals surface area contributed by atoms with Crippen LogP contribution >= 0.6 is 0 Å². The average molecular weight is 302 g/mol. The number of anilines is 1. The van der Waals surface area contributed by atoms with Crippen molar-refractivity contribution in [3.05, 3.63) is 59.4 Å². The van der Waals surface area contributed by atoms with Gasteiger partial charge in [0, 0.05) is 31.3 Å². The molecule has 2 aromatic rings. The summed E-state index contributed by atoms with van der Waals surface area (Å²) >= 11 is 0. The van der Waals surface area contributed by atoms with Crippen molar-refractivity contribution >= 4 is 5.69 Å². The highest BCUT2D eigenvalue weighted by atomic mass is 19.1. The summed E-state index contributed by atoms with van der Waals surface area (Å²) in [6, 6.07) is 12.9. The monoisotopic (exact) mass is 302 g/mol. The number of methoxy groups -OCH3 is 1. The van der Waals surface area contributed by atoms with E-state index in [1.807, 2.05) is 20.2 Å². The third kappa shape index (κ3) is 3.77. The average Bonchev–Trinajstić information content (AvgIpc) is 2.52. The van der Waals surface area contributed by atoms with Crippen LogP contribution < -0.4 is 15.4 Å². The fourth-order valence-electron chi connectivity index (χ4n) is 2.59. The Morgan fingerprint density at radius 2 is 1.95 bits per heavy atom. The molecule has 0 aliphatic heterocycles. The molecule has 4 heteroatoms. The lowest BCUT2D eigenvalue weighted by atomic mass is 9.91. The summed E-state index contributed by atoms with van der Waals surface area (Å²) in [4.78, 5) is 2.06. The van der Waals surface area contributed by atoms with Crippen LogP contribution in [0.25, 0.3) is 0 Å². The first-order valence-corrected chi connectivity index (χ1v) is 7.35. The van der Waals surface area contributed by atoms with Crippen LogP contribution in [0, 0.1) is 5.82 Å². The Kier molecular flexibility index (Phi) is 5.39. The zero-order valence-electron chi connectivity index (χ0n) is 13.3. The first-order chi connectivity index (χ1) is 10.5. The van der Waals surface area contributed by atoms with Gasteiger partial charge in [-0.05, 0) is 48.9 Å². The molecular weight excluding hydrogens is 279 g/mol. The summed E-state index contributed by atoms with van der Waals surface area (Å²) in [7, 11) is 5.61. The van der Waals surface area contributed by atoms with Crippen molar-refractivity contribution in [3.63, 3.8) is 0 Å². The molecule has 0 saturated heterocycles. The van der Waals surface area contributed by atoms with Gasteiger partial charge < -0.3 is 15.4 Å². The Bertz CT molecular complexity index is 628. The van der Waals surface area contributed by atoms with Crippen molar-refractivity contribution in [2.75, 3.05) is 32.6 Å². The fourth-order valence-corrected chi connectivity index (χ4v) is 2.59. The first-order valence-electron chi connectivity index (χ1n) is 7.35. The van der Waals surface area contributed by atoms with E-state index in [1.54, 1.807) is 13.2 Å². The summed E-state index contributed by atoms with van der Waals surface area (Å²) in [6.07, 6.45) is 0.748. The quantitative estimate of drug-likeness (QED) is 0.890. The number of hydrogen-bond acceptors (Lipinski definition) is 3. The van der Waals surface area contributed by atoms with Crippen LogP contribution in [-0.2, 0) is 6.42 Å². The molecule has 2 rings (SSSR count). The van der Waals surface area contributed by atoms with Crippen LogP contribution in [0.15, 0.2) is 42.5 Å². The Balaban J connectivity index is 2.30. The smallest absolute Gasteiger partial charge is 0.123 e. The molecule has 0 saturated carbocycles. The van der Waals surface area contributed by atoms with Gasteiger partial charge in [-0.3, -0.25) is 0 Å². The van der Waals surface area contributed by atoms with Crippen molar-refractivity contribution in [2.24, 2.45) is 5.73 Å². The Labute approximate surface area is 131 Å². The van der Waals surface area contributed by atoms with E-state index in [0.717, 1.165) is 17.7 Å². The van der Waals surface area contributed by atoms with E-state index in [1.165, 1.54) is 17.7 Å². The minimum Gasteiger partial charge on any atom is -0.496 e. The molecule has 1 atom stereocenters. The molecule has 0 aliphatic carbocycles. The molecule has 2 N–H and O–H groups in total. The van der Waals surface area contributed by atoms with Gasteiger partial charge in [0.1, 0.15) is 11.6 Å². The molecule has 3 nitrogen and oxygen atoms in total. The molecule has 0 aliphatic rings. The normalized spacial score (nSPS) is 12.0. The summed E-state index contributed by atoms with van der Waals surface area (Å²) in [5.74, 6) is 0.431. The highest BCUT2D eigenvalue weighted by Crippen LogP contribution is 2.30. The van der Waals surface area contributed by atoms with Gasteiger partial charge in [0.25, 0.3) is 0 Å². The summed E-state index contributed by atoms with van der Waals surface area (Å²) in [6.45, 7) is 0.437. The second kappa shape index (κ2) is 7.27. The van der Waals surface area contributed by atoms with Gasteiger partial charge in [-0.1, -0.05) is 12.1 Å². The van der Waals surface area contributed by atoms with E-state index in [9.17, 15) is 4.39 Å². The molecule has 0 spiro atoms. The van der Waals surface area contributed by atoms with Crippen LogP contribution in [-0.4, -0.2) is 27.7 Å². The van der Waals surface area contributed by atoms with Gasteiger partial charge in [0.2, 0.25) is 0 Å². The number of benzene rings is 2. The molecule has 0 fully saturated rings. The number of hydrogen-bond donors (Lipinski definition) is 1. The van der Waals surface area contributed by atoms with Gasteiger partial charge in [0.05, 0.1) is 7.11 Å². The lowest BCUT2D eigenvalue weighted by Gasteiger charge is -2.20. The summed E-state index contributed by atoms with van der Waals surface area (Å²) in [5, 5.41) is 0. The molecule has 0 radical (unpaired) electrons. The van der Waals surface area contributed by atoms with Crippen molar-refractivity contribution < 1.29 is 9.13 Å². The van der Waals surface area contributed by atoms with Gasteiger partial charge in [-0.15, -0.1) is 0 Å². The number of nitrogens with two attached hydrogens (primary N) is 1. The first kappa shape index (κ1) is 16.3. The van der Waals surface area contributed by atoms with Crippen molar-refractivity contribution in [3.8, 4) is 5.75 Å². The third-order valence-corrected chi connectivity index (χ3v) is 3.83. The highest BCUT2D eigenvalue weighted by molar-refractivity contribution is 5.48. The molecule has 0 heterocycles. The van der Waals surface area contributed by atoms with Crippen LogP contribution in [0.2, 0.25) is 0 Å². The van der Waals surface area contributed by atoms with E-state index in [0.29, 0.717) is 12.3 Å². The zero-order valence-corrected chi connectivity index (χ0v) is 13.3. The topological polar surface area (TPSA) is 38.5 Å². The Hall–Kier alpha value is -2.07. The second-order valence-electron chi connectivity index (χ2n) is 5.59. The maximum Gasteiger partial charge on any atom is 0.123 e. The van der Waals surface area contributed by atoms with E-state index in [4.69, 9.17) is 10.5 Å². The largest absolute Gasteiger partial charge is 0.496 e. The van der Waals surface area contributed by atoms with Crippen LogP contribution in [0.1, 0.15) is 17.0 Å².